The molecule has 6 nitrogen and oxygen atoms in total. The van der Waals surface area contributed by atoms with E-state index < -0.39 is 11.4 Å². The highest BCUT2D eigenvalue weighted by Crippen LogP contribution is 2.39. The van der Waals surface area contributed by atoms with Crippen LogP contribution in [-0.2, 0) is 0 Å². The predicted molar refractivity (Wildman–Crippen MR) is 118 cm³/mol. The first-order valence-corrected chi connectivity index (χ1v) is 9.43. The average molecular weight is 410 g/mol. The van der Waals surface area contributed by atoms with Gasteiger partial charge in [0.1, 0.15) is 11.2 Å². The van der Waals surface area contributed by atoms with Crippen LogP contribution in [0.25, 0.3) is 50.1 Å². The van der Waals surface area contributed by atoms with Crippen LogP contribution in [0, 0.1) is 0 Å². The lowest BCUT2D eigenvalue weighted by atomic mass is 9.92. The van der Waals surface area contributed by atoms with Gasteiger partial charge < -0.3 is 14.6 Å². The number of aliphatic hydroxyl groups excluding tert-OH is 1. The van der Waals surface area contributed by atoms with Crippen molar-refractivity contribution in [2.75, 3.05) is 0 Å². The molecule has 0 bridgehead atoms. The third kappa shape index (κ3) is 2.77. The molecule has 0 aliphatic heterocycles. The smallest absolute Gasteiger partial charge is 0.336 e. The Kier molecular flexibility index (Phi) is 4.08. The number of aromatic carboxylic acids is 1. The van der Waals surface area contributed by atoms with E-state index in [-0.39, 0.29) is 21.8 Å². The van der Waals surface area contributed by atoms with E-state index in [2.05, 4.69) is 0 Å². The van der Waals surface area contributed by atoms with Gasteiger partial charge in [-0.1, -0.05) is 24.3 Å². The normalized spacial score (nSPS) is 12.1. The highest BCUT2D eigenvalue weighted by Gasteiger charge is 2.20. The molecule has 0 amide bonds. The van der Waals surface area contributed by atoms with Gasteiger partial charge >= 0.3 is 5.97 Å². The third-order valence-electron chi connectivity index (χ3n) is 5.40. The first-order valence-electron chi connectivity index (χ1n) is 9.43. The number of rotatable bonds is 2. The minimum absolute atomic E-state index is 0.0362. The molecule has 0 saturated heterocycles. The Bertz CT molecular complexity index is 1710. The Hall–Kier alpha value is -4.45. The number of carboxylic acids is 1. The summed E-state index contributed by atoms with van der Waals surface area (Å²) in [4.78, 5) is 36.1. The van der Waals surface area contributed by atoms with E-state index in [4.69, 9.17) is 4.42 Å². The topological polar surface area (TPSA) is 105 Å². The fraction of sp³-hybridized carbons (Fsp3) is 0. The highest BCUT2D eigenvalue weighted by molar-refractivity contribution is 6.17. The molecule has 0 fully saturated rings. The van der Waals surface area contributed by atoms with Crippen molar-refractivity contribution in [3.63, 3.8) is 0 Å². The molecule has 150 valence electrons. The zero-order chi connectivity index (χ0) is 21.7. The zero-order valence-corrected chi connectivity index (χ0v) is 16.0. The van der Waals surface area contributed by atoms with Crippen molar-refractivity contribution in [1.29, 1.82) is 0 Å². The zero-order valence-electron chi connectivity index (χ0n) is 16.0. The molecule has 4 aromatic carbocycles. The predicted octanol–water partition coefficient (Wildman–Crippen LogP) is 3.84. The molecule has 1 aromatic heterocycles. The lowest BCUT2D eigenvalue weighted by Crippen LogP contribution is -2.23. The molecule has 0 aliphatic rings. The molecule has 6 heteroatoms. The Morgan fingerprint density at radius 2 is 1.55 bits per heavy atom. The summed E-state index contributed by atoms with van der Waals surface area (Å²) in [6, 6.07) is 17.5. The molecule has 0 saturated carbocycles. The first kappa shape index (κ1) is 18.6. The van der Waals surface area contributed by atoms with Crippen molar-refractivity contribution in [2.24, 2.45) is 0 Å². The largest absolute Gasteiger partial charge is 0.515 e. The van der Waals surface area contributed by atoms with Crippen molar-refractivity contribution < 1.29 is 19.4 Å². The summed E-state index contributed by atoms with van der Waals surface area (Å²) in [6.07, 6.45) is 0.688. The van der Waals surface area contributed by atoms with Crippen LogP contribution in [0.3, 0.4) is 0 Å². The molecule has 0 unspecified atom stereocenters. The average Bonchev–Trinajstić information content (AvgIpc) is 2.77. The van der Waals surface area contributed by atoms with Gasteiger partial charge in [0, 0.05) is 21.7 Å². The van der Waals surface area contributed by atoms with E-state index in [0.717, 1.165) is 0 Å². The van der Waals surface area contributed by atoms with E-state index in [1.807, 2.05) is 0 Å². The Balaban J connectivity index is 2.12. The molecule has 0 aliphatic carbocycles. The summed E-state index contributed by atoms with van der Waals surface area (Å²) >= 11 is 0. The maximum absolute atomic E-state index is 12.3. The second kappa shape index (κ2) is 6.81. The monoisotopic (exact) mass is 410 g/mol. The summed E-state index contributed by atoms with van der Waals surface area (Å²) in [5.74, 6) is -1.09. The second-order valence-corrected chi connectivity index (χ2v) is 7.14. The minimum atomic E-state index is -1.09. The number of fused-ring (bicyclic) bond motifs is 4. The fourth-order valence-corrected chi connectivity index (χ4v) is 4.02. The van der Waals surface area contributed by atoms with Gasteiger partial charge in [-0.05, 0) is 53.4 Å². The summed E-state index contributed by atoms with van der Waals surface area (Å²) in [5, 5.41) is 21.8. The van der Waals surface area contributed by atoms with Gasteiger partial charge in [0.25, 0.3) is 0 Å². The van der Waals surface area contributed by atoms with Crippen molar-refractivity contribution in [1.82, 2.24) is 0 Å². The molecular weight excluding hydrogens is 396 g/mol. The van der Waals surface area contributed by atoms with Crippen LogP contribution in [0.4, 0.5) is 0 Å². The SMILES string of the molecule is O=C(O)c1ccccc1-c1c2ccc(=O)/c(=C/O)c2oc2c1ccc1cc(=O)ccc12. The number of aliphatic hydroxyl groups is 1. The van der Waals surface area contributed by atoms with Crippen molar-refractivity contribution in [2.45, 2.75) is 0 Å². The van der Waals surface area contributed by atoms with Gasteiger partial charge in [0.05, 0.1) is 17.0 Å². The maximum Gasteiger partial charge on any atom is 0.336 e. The summed E-state index contributed by atoms with van der Waals surface area (Å²) in [7, 11) is 0. The highest BCUT2D eigenvalue weighted by atomic mass is 16.4. The van der Waals surface area contributed by atoms with Crippen LogP contribution < -0.4 is 16.1 Å². The molecule has 1 heterocycles. The first-order chi connectivity index (χ1) is 15.0. The van der Waals surface area contributed by atoms with E-state index >= 15 is 0 Å². The molecule has 2 N–H and O–H groups in total. The Morgan fingerprint density at radius 1 is 0.839 bits per heavy atom. The molecule has 0 atom stereocenters. The molecular formula is C25H14O6. The fourth-order valence-electron chi connectivity index (χ4n) is 4.02. The molecule has 0 radical (unpaired) electrons. The maximum atomic E-state index is 12.3. The molecule has 0 spiro atoms. The van der Waals surface area contributed by atoms with Crippen LogP contribution in [0.1, 0.15) is 10.4 Å². The van der Waals surface area contributed by atoms with E-state index in [1.165, 1.54) is 24.3 Å². The Morgan fingerprint density at radius 3 is 2.32 bits per heavy atom. The summed E-state index contributed by atoms with van der Waals surface area (Å²) in [5.41, 5.74) is 1.03. The second-order valence-electron chi connectivity index (χ2n) is 7.14. The number of carboxylic acid groups (broad SMARTS) is 1. The lowest BCUT2D eigenvalue weighted by Gasteiger charge is -2.14. The number of carbonyl (C=O) groups is 1. The van der Waals surface area contributed by atoms with Gasteiger partial charge in [0.15, 0.2) is 10.9 Å². The van der Waals surface area contributed by atoms with Gasteiger partial charge in [-0.2, -0.15) is 0 Å². The molecule has 5 rings (SSSR count). The lowest BCUT2D eigenvalue weighted by molar-refractivity contribution is 0.0697. The number of benzene rings is 4. The number of hydrogen-bond donors (Lipinski definition) is 2. The third-order valence-corrected chi connectivity index (χ3v) is 5.40. The van der Waals surface area contributed by atoms with E-state index in [1.54, 1.807) is 42.5 Å². The van der Waals surface area contributed by atoms with Crippen LogP contribution in [0.5, 0.6) is 0 Å². The summed E-state index contributed by atoms with van der Waals surface area (Å²) in [6.45, 7) is 0. The van der Waals surface area contributed by atoms with Crippen LogP contribution >= 0.6 is 0 Å². The van der Waals surface area contributed by atoms with Crippen LogP contribution in [0.15, 0.2) is 80.7 Å². The molecule has 31 heavy (non-hydrogen) atoms. The standard InChI is InChI=1S/C25H14O6/c26-12-20-21(28)10-9-19-22(16-3-1-2-4-17(16)25(29)30)18-7-5-13-11-14(27)6-8-15(13)23(18)31-24(19)20/h1-12,26H,(H,29,30)/b20-12-. The van der Waals surface area contributed by atoms with Gasteiger partial charge in [-0.15, -0.1) is 0 Å². The Labute approximate surface area is 173 Å². The van der Waals surface area contributed by atoms with Crippen LogP contribution in [-0.4, -0.2) is 16.2 Å². The van der Waals surface area contributed by atoms with Gasteiger partial charge in [-0.3, -0.25) is 9.59 Å². The number of hydrogen-bond acceptors (Lipinski definition) is 5. The van der Waals surface area contributed by atoms with Gasteiger partial charge in [0.2, 0.25) is 0 Å². The van der Waals surface area contributed by atoms with Crippen LogP contribution in [0.2, 0.25) is 0 Å². The van der Waals surface area contributed by atoms with E-state index in [0.29, 0.717) is 44.5 Å². The molecule has 5 aromatic rings. The quantitative estimate of drug-likeness (QED) is 0.338. The van der Waals surface area contributed by atoms with E-state index in [9.17, 15) is 24.6 Å². The van der Waals surface area contributed by atoms with Crippen molar-refractivity contribution in [3.8, 4) is 11.1 Å². The summed E-state index contributed by atoms with van der Waals surface area (Å²) < 4.78 is 6.12. The van der Waals surface area contributed by atoms with Gasteiger partial charge in [-0.25, -0.2) is 4.79 Å². The van der Waals surface area contributed by atoms with Crippen molar-refractivity contribution in [3.05, 3.63) is 98.0 Å². The minimum Gasteiger partial charge on any atom is -0.515 e. The van der Waals surface area contributed by atoms with Crippen molar-refractivity contribution >= 4 is 44.9 Å².